The van der Waals surface area contributed by atoms with E-state index in [1.54, 1.807) is 7.11 Å². The Morgan fingerprint density at radius 2 is 1.66 bits per heavy atom. The molecule has 1 amide bonds. The number of aryl methyl sites for hydroxylation is 1. The molecule has 1 saturated heterocycles. The summed E-state index contributed by atoms with van der Waals surface area (Å²) >= 11 is 0. The minimum Gasteiger partial charge on any atom is -0.497 e. The molecule has 0 atom stereocenters. The first-order chi connectivity index (χ1) is 18.2. The summed E-state index contributed by atoms with van der Waals surface area (Å²) in [5.41, 5.74) is 7.69. The minimum absolute atomic E-state index is 0.00533. The average molecular weight is 511 g/mol. The second kappa shape index (κ2) is 10.6. The summed E-state index contributed by atoms with van der Waals surface area (Å²) in [7, 11) is 1.69. The van der Waals surface area contributed by atoms with Gasteiger partial charge in [0.15, 0.2) is 0 Å². The standard InChI is InChI=1S/C32H38N4O2/c1-23-8-6-9-24(18-23)26-12-13-29-33-31(25-10-7-11-27(19-25)38-5)28(36(29)21-26)22-34-14-16-35(17-15-34)30(37)20-32(2,3)4/h6-13,18-19,21H,14-17,20,22H2,1-5H3. The molecule has 0 unspecified atom stereocenters. The minimum atomic E-state index is 0.00533. The number of imidazole rings is 1. The van der Waals surface area contributed by atoms with Gasteiger partial charge in [0.2, 0.25) is 5.91 Å². The summed E-state index contributed by atoms with van der Waals surface area (Å²) < 4.78 is 7.75. The number of nitrogens with zero attached hydrogens (tertiary/aromatic N) is 4. The van der Waals surface area contributed by atoms with Crippen LogP contribution in [0.15, 0.2) is 66.9 Å². The lowest BCUT2D eigenvalue weighted by Gasteiger charge is -2.36. The number of carbonyl (C=O) groups excluding carboxylic acids is 1. The number of hydrogen-bond acceptors (Lipinski definition) is 4. The highest BCUT2D eigenvalue weighted by atomic mass is 16.5. The van der Waals surface area contributed by atoms with Crippen molar-refractivity contribution in [1.29, 1.82) is 0 Å². The molecule has 4 aromatic rings. The maximum Gasteiger partial charge on any atom is 0.223 e. The van der Waals surface area contributed by atoms with Crippen molar-refractivity contribution < 1.29 is 9.53 Å². The Balaban J connectivity index is 1.48. The lowest BCUT2D eigenvalue weighted by molar-refractivity contribution is -0.134. The predicted molar refractivity (Wildman–Crippen MR) is 153 cm³/mol. The van der Waals surface area contributed by atoms with Crippen LogP contribution < -0.4 is 4.74 Å². The molecule has 6 nitrogen and oxygen atoms in total. The lowest BCUT2D eigenvalue weighted by Crippen LogP contribution is -2.49. The van der Waals surface area contributed by atoms with Crippen molar-refractivity contribution in [2.24, 2.45) is 5.41 Å². The second-order valence-corrected chi connectivity index (χ2v) is 11.5. The molecule has 38 heavy (non-hydrogen) atoms. The van der Waals surface area contributed by atoms with Crippen LogP contribution in [-0.4, -0.2) is 58.4 Å². The fraction of sp³-hybridized carbons (Fsp3) is 0.375. The quantitative estimate of drug-likeness (QED) is 0.316. The molecule has 2 aromatic heterocycles. The third-order valence-corrected chi connectivity index (χ3v) is 7.19. The highest BCUT2D eigenvalue weighted by Gasteiger charge is 2.26. The predicted octanol–water partition coefficient (Wildman–Crippen LogP) is 6.07. The molecule has 5 rings (SSSR count). The van der Waals surface area contributed by atoms with E-state index in [2.05, 4.69) is 91.7 Å². The number of piperazine rings is 1. The number of benzene rings is 2. The zero-order valence-electron chi connectivity index (χ0n) is 23.2. The van der Waals surface area contributed by atoms with E-state index in [0.29, 0.717) is 6.42 Å². The van der Waals surface area contributed by atoms with E-state index >= 15 is 0 Å². The zero-order valence-corrected chi connectivity index (χ0v) is 23.2. The molecule has 0 bridgehead atoms. The van der Waals surface area contributed by atoms with E-state index in [0.717, 1.165) is 66.6 Å². The summed E-state index contributed by atoms with van der Waals surface area (Å²) in [6.45, 7) is 12.5. The molecular weight excluding hydrogens is 472 g/mol. The van der Waals surface area contributed by atoms with Crippen molar-refractivity contribution in [2.75, 3.05) is 33.3 Å². The number of methoxy groups -OCH3 is 1. The van der Waals surface area contributed by atoms with Crippen LogP contribution in [0, 0.1) is 12.3 Å². The number of rotatable bonds is 6. The Morgan fingerprint density at radius 1 is 0.921 bits per heavy atom. The molecule has 3 heterocycles. The molecule has 0 spiro atoms. The van der Waals surface area contributed by atoms with Gasteiger partial charge in [0, 0.05) is 50.9 Å². The molecule has 2 aromatic carbocycles. The van der Waals surface area contributed by atoms with Crippen LogP contribution >= 0.6 is 0 Å². The summed E-state index contributed by atoms with van der Waals surface area (Å²) in [5, 5.41) is 0. The van der Waals surface area contributed by atoms with Gasteiger partial charge in [-0.2, -0.15) is 0 Å². The fourth-order valence-electron chi connectivity index (χ4n) is 5.17. The maximum atomic E-state index is 12.8. The van der Waals surface area contributed by atoms with Crippen molar-refractivity contribution in [3.05, 3.63) is 78.1 Å². The van der Waals surface area contributed by atoms with Gasteiger partial charge in [0.25, 0.3) is 0 Å². The van der Waals surface area contributed by atoms with E-state index in [1.165, 1.54) is 11.1 Å². The van der Waals surface area contributed by atoms with Crippen LogP contribution in [0.3, 0.4) is 0 Å². The highest BCUT2D eigenvalue weighted by Crippen LogP contribution is 2.31. The number of carbonyl (C=O) groups is 1. The van der Waals surface area contributed by atoms with E-state index in [1.807, 2.05) is 17.0 Å². The molecule has 0 N–H and O–H groups in total. The first-order valence-corrected chi connectivity index (χ1v) is 13.4. The topological polar surface area (TPSA) is 50.1 Å². The van der Waals surface area contributed by atoms with Gasteiger partial charge in [-0.1, -0.05) is 62.7 Å². The Hall–Kier alpha value is -3.64. The third-order valence-electron chi connectivity index (χ3n) is 7.19. The molecule has 6 heteroatoms. The number of fused-ring (bicyclic) bond motifs is 1. The second-order valence-electron chi connectivity index (χ2n) is 11.5. The van der Waals surface area contributed by atoms with E-state index in [-0.39, 0.29) is 11.3 Å². The van der Waals surface area contributed by atoms with Crippen molar-refractivity contribution in [1.82, 2.24) is 19.2 Å². The smallest absolute Gasteiger partial charge is 0.223 e. The Morgan fingerprint density at radius 3 is 2.37 bits per heavy atom. The maximum absolute atomic E-state index is 12.8. The number of amides is 1. The third kappa shape index (κ3) is 5.76. The largest absolute Gasteiger partial charge is 0.497 e. The van der Waals surface area contributed by atoms with Crippen LogP contribution in [0.2, 0.25) is 0 Å². The zero-order chi connectivity index (χ0) is 26.9. The number of aromatic nitrogens is 2. The molecule has 1 fully saturated rings. The van der Waals surface area contributed by atoms with Crippen molar-refractivity contribution in [3.63, 3.8) is 0 Å². The van der Waals surface area contributed by atoms with E-state index in [4.69, 9.17) is 9.72 Å². The molecule has 198 valence electrons. The SMILES string of the molecule is COc1cccc(-c2nc3ccc(-c4cccc(C)c4)cn3c2CN2CCN(C(=O)CC(C)(C)C)CC2)c1. The van der Waals surface area contributed by atoms with Gasteiger partial charge in [-0.05, 0) is 47.7 Å². The summed E-state index contributed by atoms with van der Waals surface area (Å²) in [6, 6.07) is 21.0. The van der Waals surface area contributed by atoms with Crippen molar-refractivity contribution in [3.8, 4) is 28.1 Å². The Kier molecular flexibility index (Phi) is 7.26. The van der Waals surface area contributed by atoms with Crippen LogP contribution in [0.5, 0.6) is 5.75 Å². The van der Waals surface area contributed by atoms with Crippen LogP contribution in [0.1, 0.15) is 38.4 Å². The van der Waals surface area contributed by atoms with Crippen molar-refractivity contribution in [2.45, 2.75) is 40.7 Å². The van der Waals surface area contributed by atoms with Gasteiger partial charge in [0.1, 0.15) is 11.4 Å². The first kappa shape index (κ1) is 26.0. The number of hydrogen-bond donors (Lipinski definition) is 0. The van der Waals surface area contributed by atoms with Gasteiger partial charge in [-0.3, -0.25) is 9.69 Å². The number of pyridine rings is 1. The normalized spacial score (nSPS) is 14.7. The van der Waals surface area contributed by atoms with E-state index in [9.17, 15) is 4.79 Å². The lowest BCUT2D eigenvalue weighted by atomic mass is 9.91. The summed E-state index contributed by atoms with van der Waals surface area (Å²) in [5.74, 6) is 1.07. The van der Waals surface area contributed by atoms with Gasteiger partial charge in [-0.15, -0.1) is 0 Å². The molecule has 1 aliphatic rings. The number of ether oxygens (including phenoxy) is 1. The van der Waals surface area contributed by atoms with Crippen LogP contribution in [0.25, 0.3) is 28.0 Å². The first-order valence-electron chi connectivity index (χ1n) is 13.4. The molecule has 0 radical (unpaired) electrons. The van der Waals surface area contributed by atoms with Gasteiger partial charge < -0.3 is 14.0 Å². The molecule has 0 aliphatic carbocycles. The monoisotopic (exact) mass is 510 g/mol. The Bertz CT molecular complexity index is 1440. The van der Waals surface area contributed by atoms with Gasteiger partial charge in [-0.25, -0.2) is 4.98 Å². The van der Waals surface area contributed by atoms with Crippen LogP contribution in [0.4, 0.5) is 0 Å². The summed E-state index contributed by atoms with van der Waals surface area (Å²) in [4.78, 5) is 22.3. The molecule has 0 saturated carbocycles. The van der Waals surface area contributed by atoms with Gasteiger partial charge in [0.05, 0.1) is 18.5 Å². The average Bonchev–Trinajstić information content (AvgIpc) is 3.25. The molecule has 1 aliphatic heterocycles. The highest BCUT2D eigenvalue weighted by molar-refractivity contribution is 5.77. The Labute approximate surface area is 225 Å². The fourth-order valence-corrected chi connectivity index (χ4v) is 5.17. The van der Waals surface area contributed by atoms with Crippen molar-refractivity contribution >= 4 is 11.6 Å². The van der Waals surface area contributed by atoms with Gasteiger partial charge >= 0.3 is 0 Å². The van der Waals surface area contributed by atoms with Crippen LogP contribution in [-0.2, 0) is 11.3 Å². The molecular formula is C32H38N4O2. The summed E-state index contributed by atoms with van der Waals surface area (Å²) in [6.07, 6.45) is 2.79. The van der Waals surface area contributed by atoms with E-state index < -0.39 is 0 Å².